The Balaban J connectivity index is 2.13. The second-order valence-electron chi connectivity index (χ2n) is 4.56. The lowest BCUT2D eigenvalue weighted by Crippen LogP contribution is -2.36. The molecule has 21 heavy (non-hydrogen) atoms. The van der Waals surface area contributed by atoms with Crippen LogP contribution in [0.15, 0.2) is 6.33 Å². The average Bonchev–Trinajstić information content (AvgIpc) is 2.91. The van der Waals surface area contributed by atoms with Gasteiger partial charge in [0.05, 0.1) is 12.9 Å². The van der Waals surface area contributed by atoms with Crippen molar-refractivity contribution in [3.05, 3.63) is 6.33 Å². The van der Waals surface area contributed by atoms with Crippen molar-refractivity contribution in [2.75, 3.05) is 12.3 Å². The molecule has 9 nitrogen and oxygen atoms in total. The number of nitrogen functional groups attached to an aromatic ring is 1. The second kappa shape index (κ2) is 5.02. The fourth-order valence-corrected chi connectivity index (χ4v) is 3.45. The molecule has 0 amide bonds. The number of nitrogens with two attached hydrogens (primary N) is 1. The molecule has 3 atom stereocenters. The van der Waals surface area contributed by atoms with E-state index >= 15 is 0 Å². The third kappa shape index (κ3) is 2.19. The fraction of sp³-hybridized carbons (Fsp3) is 0.500. The molecule has 1 aliphatic rings. The molecule has 2 aromatic heterocycles. The maximum Gasteiger partial charge on any atom is 0.244 e. The van der Waals surface area contributed by atoms with Gasteiger partial charge in [0.25, 0.3) is 0 Å². The van der Waals surface area contributed by atoms with Crippen LogP contribution in [0.25, 0.3) is 11.2 Å². The number of hydrogen-bond acceptors (Lipinski definition) is 8. The number of aliphatic hydroxyl groups excluding tert-OH is 2. The number of aliphatic hydroxyl groups is 2. The van der Waals surface area contributed by atoms with Gasteiger partial charge in [0, 0.05) is 0 Å². The van der Waals surface area contributed by atoms with E-state index in [4.69, 9.17) is 10.5 Å². The van der Waals surface area contributed by atoms with E-state index in [-0.39, 0.29) is 29.6 Å². The zero-order valence-corrected chi connectivity index (χ0v) is 13.6. The van der Waals surface area contributed by atoms with Gasteiger partial charge in [-0.05, 0) is 0 Å². The van der Waals surface area contributed by atoms with Crippen LogP contribution >= 0.6 is 31.9 Å². The number of ether oxygens (including phenoxy) is 1. The van der Waals surface area contributed by atoms with Crippen LogP contribution in [0.5, 0.6) is 5.88 Å². The fourth-order valence-electron chi connectivity index (χ4n) is 2.21. The van der Waals surface area contributed by atoms with Crippen LogP contribution in [0.2, 0.25) is 0 Å². The van der Waals surface area contributed by atoms with Gasteiger partial charge in [-0.15, -0.1) is 0 Å². The number of nitrogens with zero attached hydrogens (tertiary/aromatic N) is 4. The number of aromatic nitrogens is 4. The van der Waals surface area contributed by atoms with Crippen molar-refractivity contribution in [2.45, 2.75) is 21.7 Å². The summed E-state index contributed by atoms with van der Waals surface area (Å²) in [6.07, 6.45) is -1.20. The largest absolute Gasteiger partial charge is 0.492 e. The number of imidazole rings is 1. The Morgan fingerprint density at radius 2 is 2.14 bits per heavy atom. The van der Waals surface area contributed by atoms with Gasteiger partial charge in [-0.1, -0.05) is 31.9 Å². The monoisotopic (exact) mass is 423 g/mol. The normalized spacial score (nSPS) is 28.3. The zero-order chi connectivity index (χ0) is 15.4. The standard InChI is InChI=1S/C10H11Br2N5O4/c11-10(12)5(19)3(1-18)21-8(10)17-2-14-4-6(17)15-9(13)16-7(4)20/h2-3,5,8,18-19H,1H2,(H3,13,15,16,20)/t3-,5?,8-/m1/s1. The lowest BCUT2D eigenvalue weighted by atomic mass is 10.2. The summed E-state index contributed by atoms with van der Waals surface area (Å²) in [4.78, 5) is 11.7. The molecule has 3 heterocycles. The van der Waals surface area contributed by atoms with Crippen LogP contribution in [0.3, 0.4) is 0 Å². The van der Waals surface area contributed by atoms with Gasteiger partial charge in [0.1, 0.15) is 12.2 Å². The summed E-state index contributed by atoms with van der Waals surface area (Å²) in [6, 6.07) is 0. The third-order valence-corrected chi connectivity index (χ3v) is 4.95. The lowest BCUT2D eigenvalue weighted by molar-refractivity contribution is -0.0432. The second-order valence-corrected chi connectivity index (χ2v) is 8.25. The highest BCUT2D eigenvalue weighted by Gasteiger charge is 2.54. The minimum absolute atomic E-state index is 0.117. The highest BCUT2D eigenvalue weighted by Crippen LogP contribution is 2.50. The molecule has 1 aliphatic heterocycles. The van der Waals surface area contributed by atoms with Crippen molar-refractivity contribution < 1.29 is 20.1 Å². The molecule has 5 N–H and O–H groups in total. The average molecular weight is 425 g/mol. The van der Waals surface area contributed by atoms with Gasteiger partial charge in [0.15, 0.2) is 20.6 Å². The van der Waals surface area contributed by atoms with Crippen molar-refractivity contribution in [1.29, 1.82) is 0 Å². The maximum atomic E-state index is 10.1. The van der Waals surface area contributed by atoms with Crippen molar-refractivity contribution in [1.82, 2.24) is 19.5 Å². The predicted octanol–water partition coefficient (Wildman–Crippen LogP) is -0.149. The zero-order valence-electron chi connectivity index (χ0n) is 10.4. The molecular formula is C10H11Br2N5O4. The smallest absolute Gasteiger partial charge is 0.244 e. The van der Waals surface area contributed by atoms with E-state index in [0.29, 0.717) is 0 Å². The summed E-state index contributed by atoms with van der Waals surface area (Å²) in [6.45, 7) is -0.356. The Hall–Kier alpha value is -1.01. The summed E-state index contributed by atoms with van der Waals surface area (Å²) in [5.74, 6) is -0.461. The van der Waals surface area contributed by atoms with Gasteiger partial charge < -0.3 is 25.8 Å². The van der Waals surface area contributed by atoms with E-state index in [1.807, 2.05) is 0 Å². The van der Waals surface area contributed by atoms with Gasteiger partial charge in [-0.2, -0.15) is 9.97 Å². The molecule has 1 fully saturated rings. The number of halogens is 2. The number of fused-ring (bicyclic) bond motifs is 1. The van der Waals surface area contributed by atoms with Crippen molar-refractivity contribution in [3.8, 4) is 5.88 Å². The van der Waals surface area contributed by atoms with Crippen LogP contribution in [0.1, 0.15) is 6.23 Å². The summed E-state index contributed by atoms with van der Waals surface area (Å²) in [5, 5.41) is 29.1. The first-order chi connectivity index (χ1) is 9.86. The molecule has 2 aromatic rings. The van der Waals surface area contributed by atoms with Crippen molar-refractivity contribution >= 4 is 49.0 Å². The molecule has 11 heteroatoms. The predicted molar refractivity (Wildman–Crippen MR) is 79.0 cm³/mol. The van der Waals surface area contributed by atoms with E-state index in [1.54, 1.807) is 0 Å². The van der Waals surface area contributed by atoms with Crippen LogP contribution in [0, 0.1) is 0 Å². The first-order valence-electron chi connectivity index (χ1n) is 5.87. The van der Waals surface area contributed by atoms with Gasteiger partial charge in [-0.25, -0.2) is 4.98 Å². The van der Waals surface area contributed by atoms with E-state index in [1.165, 1.54) is 10.9 Å². The Kier molecular flexibility index (Phi) is 3.56. The Bertz CT molecular complexity index is 693. The van der Waals surface area contributed by atoms with Gasteiger partial charge >= 0.3 is 0 Å². The van der Waals surface area contributed by atoms with E-state index < -0.39 is 21.7 Å². The third-order valence-electron chi connectivity index (χ3n) is 3.23. The number of hydrogen-bond donors (Lipinski definition) is 4. The van der Waals surface area contributed by atoms with E-state index in [9.17, 15) is 15.3 Å². The molecule has 114 valence electrons. The minimum atomic E-state index is -1.06. The Labute approximate surface area is 135 Å². The molecule has 1 saturated heterocycles. The highest BCUT2D eigenvalue weighted by molar-refractivity contribution is 9.25. The van der Waals surface area contributed by atoms with E-state index in [2.05, 4.69) is 46.8 Å². The molecule has 1 unspecified atom stereocenters. The topological polar surface area (TPSA) is 140 Å². The quantitative estimate of drug-likeness (QED) is 0.488. The lowest BCUT2D eigenvalue weighted by Gasteiger charge is -2.24. The molecular weight excluding hydrogens is 414 g/mol. The summed E-state index contributed by atoms with van der Waals surface area (Å²) in [7, 11) is 0. The molecule has 0 bridgehead atoms. The summed E-state index contributed by atoms with van der Waals surface area (Å²) in [5.41, 5.74) is 5.93. The van der Waals surface area contributed by atoms with Crippen LogP contribution < -0.4 is 5.73 Å². The maximum absolute atomic E-state index is 10.1. The number of rotatable bonds is 2. The SMILES string of the molecule is Nc1nc(O)c2ncn([C@@H]3O[C@H](CO)C(O)C3(Br)Br)c2n1. The van der Waals surface area contributed by atoms with E-state index in [0.717, 1.165) is 0 Å². The highest BCUT2D eigenvalue weighted by atomic mass is 79.9. The van der Waals surface area contributed by atoms with Gasteiger partial charge in [-0.3, -0.25) is 4.57 Å². The molecule has 0 radical (unpaired) electrons. The molecule has 0 spiro atoms. The first kappa shape index (κ1) is 14.9. The molecule has 0 aliphatic carbocycles. The number of anilines is 1. The first-order valence-corrected chi connectivity index (χ1v) is 7.46. The number of aromatic hydroxyl groups is 1. The van der Waals surface area contributed by atoms with Crippen LogP contribution in [-0.4, -0.2) is 56.9 Å². The van der Waals surface area contributed by atoms with Crippen LogP contribution in [-0.2, 0) is 4.74 Å². The Morgan fingerprint density at radius 1 is 1.43 bits per heavy atom. The summed E-state index contributed by atoms with van der Waals surface area (Å²) < 4.78 is 6.04. The minimum Gasteiger partial charge on any atom is -0.492 e. The van der Waals surface area contributed by atoms with Gasteiger partial charge in [0.2, 0.25) is 11.8 Å². The Morgan fingerprint density at radius 3 is 2.76 bits per heavy atom. The van der Waals surface area contributed by atoms with Crippen molar-refractivity contribution in [2.24, 2.45) is 0 Å². The number of alkyl halides is 2. The summed E-state index contributed by atoms with van der Waals surface area (Å²) >= 11 is 6.69. The van der Waals surface area contributed by atoms with Crippen molar-refractivity contribution in [3.63, 3.8) is 0 Å². The molecule has 3 rings (SSSR count). The van der Waals surface area contributed by atoms with Crippen LogP contribution in [0.4, 0.5) is 5.95 Å². The molecule has 0 saturated carbocycles. The molecule has 0 aromatic carbocycles.